The number of fused-ring (bicyclic) bond motifs is 3. The van der Waals surface area contributed by atoms with E-state index in [1.807, 2.05) is 24.3 Å². The molecule has 8 rings (SSSR count). The Morgan fingerprint density at radius 2 is 1.74 bits per heavy atom. The SMILES string of the molecule is COc1ccccc1[C@H](Cn1c2c(c(=O)n(C3(C(=O)NS(=O)(=O)C4(C)CC4)CC3)c1=O)C(C)=C(n1nccn1)CC2)OC1C[C@H]2CC[C@@H](C1)O2. The van der Waals surface area contributed by atoms with Crippen LogP contribution < -0.4 is 20.7 Å². The lowest BCUT2D eigenvalue weighted by atomic mass is 9.93. The molecule has 14 nitrogen and oxygen atoms in total. The van der Waals surface area contributed by atoms with Crippen LogP contribution in [0.25, 0.3) is 11.3 Å². The first-order valence-corrected chi connectivity index (χ1v) is 18.9. The average Bonchev–Trinajstić information content (AvgIpc) is 3.96. The molecular weight excluding hydrogens is 664 g/mol. The summed E-state index contributed by atoms with van der Waals surface area (Å²) in [6.07, 6.45) is 7.96. The summed E-state index contributed by atoms with van der Waals surface area (Å²) in [5, 5.41) is 8.60. The summed E-state index contributed by atoms with van der Waals surface area (Å²) in [7, 11) is -2.43. The number of aromatic nitrogens is 5. The number of para-hydroxylation sites is 1. The van der Waals surface area contributed by atoms with Crippen molar-refractivity contribution in [3.63, 3.8) is 0 Å². The highest BCUT2D eigenvalue weighted by molar-refractivity contribution is 7.91. The van der Waals surface area contributed by atoms with Gasteiger partial charge in [-0.15, -0.1) is 0 Å². The summed E-state index contributed by atoms with van der Waals surface area (Å²) >= 11 is 0. The molecule has 2 aliphatic heterocycles. The minimum Gasteiger partial charge on any atom is -0.496 e. The van der Waals surface area contributed by atoms with E-state index in [0.717, 1.165) is 35.8 Å². The van der Waals surface area contributed by atoms with Crippen LogP contribution in [-0.4, -0.2) is 68.6 Å². The van der Waals surface area contributed by atoms with Crippen LogP contribution >= 0.6 is 0 Å². The highest BCUT2D eigenvalue weighted by Gasteiger charge is 2.58. The maximum atomic E-state index is 14.8. The van der Waals surface area contributed by atoms with E-state index in [9.17, 15) is 22.8 Å². The van der Waals surface area contributed by atoms with Gasteiger partial charge >= 0.3 is 5.69 Å². The average molecular weight is 707 g/mol. The minimum atomic E-state index is -4.02. The van der Waals surface area contributed by atoms with Gasteiger partial charge in [0.1, 0.15) is 17.4 Å². The predicted molar refractivity (Wildman–Crippen MR) is 182 cm³/mol. The Kier molecular flexibility index (Phi) is 7.95. The Balaban J connectivity index is 1.27. The Bertz CT molecular complexity index is 2100. The van der Waals surface area contributed by atoms with Crippen molar-refractivity contribution in [1.82, 2.24) is 28.9 Å². The fraction of sp³-hybridized carbons (Fsp3) is 0.571. The van der Waals surface area contributed by atoms with E-state index in [1.165, 1.54) is 4.80 Å². The number of hydrogen-bond donors (Lipinski definition) is 1. The molecular formula is C35H42N6O8S. The van der Waals surface area contributed by atoms with Crippen molar-refractivity contribution in [1.29, 1.82) is 0 Å². The maximum absolute atomic E-state index is 14.8. The molecule has 0 spiro atoms. The normalized spacial score (nSPS) is 25.1. The zero-order chi connectivity index (χ0) is 35.0. The van der Waals surface area contributed by atoms with Crippen LogP contribution in [0.3, 0.4) is 0 Å². The van der Waals surface area contributed by atoms with Gasteiger partial charge < -0.3 is 14.2 Å². The third-order valence-electron chi connectivity index (χ3n) is 11.4. The van der Waals surface area contributed by atoms with Crippen molar-refractivity contribution in [2.24, 2.45) is 0 Å². The summed E-state index contributed by atoms with van der Waals surface area (Å²) in [4.78, 5) is 44.8. The molecule has 0 radical (unpaired) electrons. The molecule has 50 heavy (non-hydrogen) atoms. The fourth-order valence-electron chi connectivity index (χ4n) is 7.99. The lowest BCUT2D eigenvalue weighted by Gasteiger charge is -2.33. The first-order valence-electron chi connectivity index (χ1n) is 17.4. The number of ether oxygens (including phenoxy) is 3. The van der Waals surface area contributed by atoms with E-state index < -0.39 is 43.6 Å². The third-order valence-corrected chi connectivity index (χ3v) is 13.5. The summed E-state index contributed by atoms with van der Waals surface area (Å²) in [5.74, 6) is -0.263. The van der Waals surface area contributed by atoms with Gasteiger partial charge in [-0.3, -0.25) is 18.9 Å². The number of sulfonamides is 1. The fourth-order valence-corrected chi connectivity index (χ4v) is 9.31. The van der Waals surface area contributed by atoms with Crippen LogP contribution in [0, 0.1) is 0 Å². The van der Waals surface area contributed by atoms with Crippen LogP contribution in [0.2, 0.25) is 0 Å². The Hall–Kier alpha value is -4.08. The van der Waals surface area contributed by atoms with Gasteiger partial charge in [-0.1, -0.05) is 18.2 Å². The van der Waals surface area contributed by atoms with E-state index in [0.29, 0.717) is 48.4 Å². The summed E-state index contributed by atoms with van der Waals surface area (Å²) in [6, 6.07) is 7.52. The molecule has 3 aliphatic carbocycles. The van der Waals surface area contributed by atoms with Crippen molar-refractivity contribution < 1.29 is 27.4 Å². The number of hydrogen-bond acceptors (Lipinski definition) is 10. The Labute approximate surface area is 289 Å². The molecule has 2 bridgehead atoms. The maximum Gasteiger partial charge on any atom is 0.332 e. The number of benzene rings is 1. The minimum absolute atomic E-state index is 0.0329. The van der Waals surface area contributed by atoms with Crippen LogP contribution in [-0.2, 0) is 42.8 Å². The zero-order valence-corrected chi connectivity index (χ0v) is 29.3. The summed E-state index contributed by atoms with van der Waals surface area (Å²) in [6.45, 7) is 3.41. The van der Waals surface area contributed by atoms with Crippen LogP contribution in [0.4, 0.5) is 0 Å². The van der Waals surface area contributed by atoms with Gasteiger partial charge in [-0.05, 0) is 89.7 Å². The lowest BCUT2D eigenvalue weighted by molar-refractivity contribution is -0.124. The van der Waals surface area contributed by atoms with E-state index >= 15 is 0 Å². The number of carbonyl (C=O) groups is 1. The first-order chi connectivity index (χ1) is 23.9. The second kappa shape index (κ2) is 12.0. The van der Waals surface area contributed by atoms with Crippen molar-refractivity contribution in [2.45, 2.75) is 119 Å². The van der Waals surface area contributed by atoms with Crippen LogP contribution in [0.5, 0.6) is 5.75 Å². The lowest BCUT2D eigenvalue weighted by Crippen LogP contribution is -2.55. The molecule has 2 saturated carbocycles. The van der Waals surface area contributed by atoms with Crippen molar-refractivity contribution in [3.8, 4) is 5.75 Å². The first kappa shape index (κ1) is 33.1. The molecule has 4 fully saturated rings. The van der Waals surface area contributed by atoms with E-state index in [1.54, 1.807) is 37.9 Å². The summed E-state index contributed by atoms with van der Waals surface area (Å²) < 4.78 is 48.8. The molecule has 1 amide bonds. The molecule has 266 valence electrons. The van der Waals surface area contributed by atoms with Gasteiger partial charge in [0.15, 0.2) is 0 Å². The van der Waals surface area contributed by atoms with Crippen molar-refractivity contribution in [3.05, 3.63) is 74.3 Å². The van der Waals surface area contributed by atoms with Crippen LogP contribution in [0.15, 0.2) is 46.2 Å². The smallest absolute Gasteiger partial charge is 0.332 e. The van der Waals surface area contributed by atoms with Crippen molar-refractivity contribution in [2.75, 3.05) is 7.11 Å². The number of allylic oxidation sites excluding steroid dienone is 2. The number of nitrogens with one attached hydrogen (secondary N) is 1. The number of methoxy groups -OCH3 is 1. The van der Waals surface area contributed by atoms with E-state index in [4.69, 9.17) is 14.2 Å². The second-order valence-corrected chi connectivity index (χ2v) is 16.8. The van der Waals surface area contributed by atoms with Crippen molar-refractivity contribution >= 4 is 27.2 Å². The number of nitrogens with zero attached hydrogens (tertiary/aromatic N) is 5. The Morgan fingerprint density at radius 1 is 1.06 bits per heavy atom. The Morgan fingerprint density at radius 3 is 2.38 bits per heavy atom. The largest absolute Gasteiger partial charge is 0.496 e. The molecule has 1 unspecified atom stereocenters. The number of carbonyl (C=O) groups excluding carboxylic acids is 1. The molecule has 1 N–H and O–H groups in total. The topological polar surface area (TPSA) is 166 Å². The van der Waals surface area contributed by atoms with Gasteiger partial charge in [0.2, 0.25) is 10.0 Å². The van der Waals surface area contributed by atoms with E-state index in [-0.39, 0.29) is 43.3 Å². The van der Waals surface area contributed by atoms with E-state index in [2.05, 4.69) is 14.9 Å². The summed E-state index contributed by atoms with van der Waals surface area (Å²) in [5.41, 5.74) is -0.130. The van der Waals surface area contributed by atoms with Gasteiger partial charge in [-0.25, -0.2) is 17.8 Å². The monoisotopic (exact) mass is 706 g/mol. The molecule has 5 aliphatic rings. The highest BCUT2D eigenvalue weighted by atomic mass is 32.2. The second-order valence-electron chi connectivity index (χ2n) is 14.6. The molecule has 1 aromatic carbocycles. The molecule has 15 heteroatoms. The predicted octanol–water partition coefficient (Wildman–Crippen LogP) is 2.90. The quantitative estimate of drug-likeness (QED) is 0.314. The standard InChI is InChI=1S/C35H42N6O8S/c1-21-26(41-36-16-17-37-41)10-11-27-30(21)31(42)40(35(14-15-35)32(43)38-50(45,46)34(2)12-13-34)33(44)39(27)20-29(25-6-4-5-7-28(25)47-3)49-24-18-22-8-9-23(19-24)48-22/h4-7,16-17,22-24,29H,8-15,18-20H2,1-3H3,(H,38,43)/t22-,23+,24?,29-/m0/s1. The molecule has 3 aromatic rings. The molecule has 2 saturated heterocycles. The van der Waals surface area contributed by atoms with Gasteiger partial charge in [0, 0.05) is 11.3 Å². The van der Waals surface area contributed by atoms with Gasteiger partial charge in [0.05, 0.1) is 60.4 Å². The van der Waals surface area contributed by atoms with Crippen LogP contribution in [0.1, 0.15) is 94.6 Å². The molecule has 4 heterocycles. The zero-order valence-electron chi connectivity index (χ0n) is 28.5. The van der Waals surface area contributed by atoms with Gasteiger partial charge in [0.25, 0.3) is 11.5 Å². The third kappa shape index (κ3) is 5.44. The molecule has 4 atom stereocenters. The number of rotatable bonds is 11. The highest BCUT2D eigenvalue weighted by Crippen LogP contribution is 2.46. The van der Waals surface area contributed by atoms with Gasteiger partial charge in [-0.2, -0.15) is 15.0 Å². The molecule has 2 aromatic heterocycles. The number of amides is 1.